The number of nitrogens with one attached hydrogen (secondary N) is 1. The lowest BCUT2D eigenvalue weighted by Gasteiger charge is -2.37. The highest BCUT2D eigenvalue weighted by Gasteiger charge is 2.33. The van der Waals surface area contributed by atoms with Crippen LogP contribution < -0.4 is 10.1 Å². The quantitative estimate of drug-likeness (QED) is 0.513. The molecule has 0 saturated heterocycles. The van der Waals surface area contributed by atoms with Gasteiger partial charge in [0.2, 0.25) is 5.91 Å². The van der Waals surface area contributed by atoms with Crippen molar-refractivity contribution in [3.63, 3.8) is 0 Å². The van der Waals surface area contributed by atoms with E-state index in [1.165, 1.54) is 15.3 Å². The summed E-state index contributed by atoms with van der Waals surface area (Å²) in [4.78, 5) is 30.9. The predicted octanol–water partition coefficient (Wildman–Crippen LogP) is 5.37. The van der Waals surface area contributed by atoms with Crippen molar-refractivity contribution in [3.8, 4) is 5.75 Å². The Labute approximate surface area is 207 Å². The third-order valence-corrected chi connectivity index (χ3v) is 6.81. The van der Waals surface area contributed by atoms with Gasteiger partial charge in [0, 0.05) is 23.5 Å². The van der Waals surface area contributed by atoms with Crippen LogP contribution in [0.1, 0.15) is 62.6 Å². The third-order valence-electron chi connectivity index (χ3n) is 5.81. The number of hydrogen-bond donors (Lipinski definition) is 1. The van der Waals surface area contributed by atoms with E-state index in [0.29, 0.717) is 25.6 Å². The Kier molecular flexibility index (Phi) is 8.42. The molecule has 3 amide bonds. The van der Waals surface area contributed by atoms with Gasteiger partial charge in [-0.05, 0) is 67.8 Å². The fourth-order valence-corrected chi connectivity index (χ4v) is 4.96. The summed E-state index contributed by atoms with van der Waals surface area (Å²) in [7, 11) is 0. The fourth-order valence-electron chi connectivity index (χ4n) is 4.03. The molecule has 34 heavy (non-hydrogen) atoms. The van der Waals surface area contributed by atoms with Crippen LogP contribution in [0.15, 0.2) is 48.4 Å². The molecular formula is C27H37N3O3S. The van der Waals surface area contributed by atoms with Gasteiger partial charge in [0.25, 0.3) is 0 Å². The molecule has 0 saturated carbocycles. The maximum Gasteiger partial charge on any atom is 0.318 e. The van der Waals surface area contributed by atoms with Gasteiger partial charge in [0.15, 0.2) is 0 Å². The Bertz CT molecular complexity index is 991. The van der Waals surface area contributed by atoms with E-state index in [1.54, 1.807) is 17.4 Å². The number of carbonyl (C=O) groups excluding carboxylic acids is 2. The van der Waals surface area contributed by atoms with Crippen LogP contribution in [-0.4, -0.2) is 53.5 Å². The van der Waals surface area contributed by atoms with Crippen LogP contribution in [0.4, 0.5) is 4.79 Å². The summed E-state index contributed by atoms with van der Waals surface area (Å²) in [6.45, 7) is 15.1. The molecule has 0 unspecified atom stereocenters. The van der Waals surface area contributed by atoms with Crippen molar-refractivity contribution in [2.24, 2.45) is 0 Å². The van der Waals surface area contributed by atoms with Crippen LogP contribution in [-0.2, 0) is 11.2 Å². The molecule has 0 fully saturated rings. The lowest BCUT2D eigenvalue weighted by Crippen LogP contribution is -2.53. The van der Waals surface area contributed by atoms with Crippen LogP contribution in [0.3, 0.4) is 0 Å². The van der Waals surface area contributed by atoms with Gasteiger partial charge in [-0.25, -0.2) is 4.79 Å². The van der Waals surface area contributed by atoms with Gasteiger partial charge in [-0.15, -0.1) is 17.9 Å². The topological polar surface area (TPSA) is 61.9 Å². The van der Waals surface area contributed by atoms with E-state index in [9.17, 15) is 9.59 Å². The molecule has 184 valence electrons. The van der Waals surface area contributed by atoms with E-state index in [4.69, 9.17) is 4.74 Å². The number of nitrogens with zero attached hydrogens (tertiary/aromatic N) is 2. The highest BCUT2D eigenvalue weighted by Crippen LogP contribution is 2.34. The van der Waals surface area contributed by atoms with E-state index >= 15 is 0 Å². The van der Waals surface area contributed by atoms with Gasteiger partial charge in [0.05, 0.1) is 6.04 Å². The van der Waals surface area contributed by atoms with Gasteiger partial charge in [-0.1, -0.05) is 32.1 Å². The number of carbonyl (C=O) groups is 2. The molecule has 1 aromatic heterocycles. The Hall–Kier alpha value is -2.80. The molecule has 0 bridgehead atoms. The summed E-state index contributed by atoms with van der Waals surface area (Å²) < 4.78 is 6.15. The van der Waals surface area contributed by atoms with E-state index in [0.717, 1.165) is 17.7 Å². The van der Waals surface area contributed by atoms with Crippen LogP contribution in [0.5, 0.6) is 5.75 Å². The number of benzene rings is 1. The minimum Gasteiger partial charge on any atom is -0.491 e. The Morgan fingerprint density at radius 2 is 1.97 bits per heavy atom. The molecule has 0 aliphatic carbocycles. The maximum atomic E-state index is 13.4. The van der Waals surface area contributed by atoms with Crippen LogP contribution >= 0.6 is 11.3 Å². The molecule has 1 N–H and O–H groups in total. The van der Waals surface area contributed by atoms with Crippen molar-refractivity contribution in [2.45, 2.75) is 58.5 Å². The minimum absolute atomic E-state index is 0.00696. The first-order valence-electron chi connectivity index (χ1n) is 11.9. The lowest BCUT2D eigenvalue weighted by molar-refractivity contribution is -0.135. The first kappa shape index (κ1) is 25.8. The number of rotatable bonds is 8. The molecule has 3 rings (SSSR count). The van der Waals surface area contributed by atoms with Crippen molar-refractivity contribution in [1.29, 1.82) is 0 Å². The predicted molar refractivity (Wildman–Crippen MR) is 139 cm³/mol. The molecule has 7 heteroatoms. The second-order valence-corrected chi connectivity index (χ2v) is 11.0. The smallest absolute Gasteiger partial charge is 0.318 e. The van der Waals surface area contributed by atoms with Crippen molar-refractivity contribution in [1.82, 2.24) is 15.1 Å². The Morgan fingerprint density at radius 3 is 2.59 bits per heavy atom. The monoisotopic (exact) mass is 483 g/mol. The van der Waals surface area contributed by atoms with Crippen molar-refractivity contribution in [3.05, 3.63) is 64.4 Å². The first-order valence-corrected chi connectivity index (χ1v) is 12.7. The third kappa shape index (κ3) is 6.63. The van der Waals surface area contributed by atoms with Gasteiger partial charge in [-0.2, -0.15) is 0 Å². The fraction of sp³-hybridized carbons (Fsp3) is 0.481. The zero-order chi connectivity index (χ0) is 24.9. The standard InChI is InChI=1S/C27H37N3O3S/c1-7-14-29(26(32)28-27(4,5)6)17-25(31)30-15-12-24-22(13-16-34-24)23(30)18-33-21-10-8-20(9-11-21)19(2)3/h7-11,13,16,19,23H,1,12,14-15,17-18H2,2-6H3,(H,28,32)/t23-/m1/s1. The summed E-state index contributed by atoms with van der Waals surface area (Å²) in [5.41, 5.74) is 2.01. The zero-order valence-electron chi connectivity index (χ0n) is 21.0. The normalized spacial score (nSPS) is 15.6. The van der Waals surface area contributed by atoms with Gasteiger partial charge < -0.3 is 19.9 Å². The van der Waals surface area contributed by atoms with Gasteiger partial charge >= 0.3 is 6.03 Å². The molecule has 2 heterocycles. The molecule has 1 atom stereocenters. The summed E-state index contributed by atoms with van der Waals surface area (Å²) in [5.74, 6) is 1.16. The molecule has 0 spiro atoms. The van der Waals surface area contributed by atoms with Crippen LogP contribution in [0.2, 0.25) is 0 Å². The number of hydrogen-bond acceptors (Lipinski definition) is 4. The molecule has 1 aromatic carbocycles. The number of ether oxygens (including phenoxy) is 1. The average Bonchev–Trinajstić information content (AvgIpc) is 3.25. The number of amides is 3. The zero-order valence-corrected chi connectivity index (χ0v) is 21.8. The molecule has 6 nitrogen and oxygen atoms in total. The second kappa shape index (κ2) is 11.1. The minimum atomic E-state index is -0.391. The molecule has 0 radical (unpaired) electrons. The van der Waals surface area contributed by atoms with Gasteiger partial charge in [0.1, 0.15) is 18.9 Å². The van der Waals surface area contributed by atoms with Crippen molar-refractivity contribution >= 4 is 23.3 Å². The van der Waals surface area contributed by atoms with Crippen molar-refractivity contribution in [2.75, 3.05) is 26.2 Å². The van der Waals surface area contributed by atoms with Crippen LogP contribution in [0.25, 0.3) is 0 Å². The van der Waals surface area contributed by atoms with Crippen molar-refractivity contribution < 1.29 is 14.3 Å². The van der Waals surface area contributed by atoms with Gasteiger partial charge in [-0.3, -0.25) is 4.79 Å². The molecular weight excluding hydrogens is 446 g/mol. The maximum absolute atomic E-state index is 13.4. The van der Waals surface area contributed by atoms with E-state index < -0.39 is 5.54 Å². The Morgan fingerprint density at radius 1 is 1.26 bits per heavy atom. The first-order chi connectivity index (χ1) is 16.1. The average molecular weight is 484 g/mol. The highest BCUT2D eigenvalue weighted by molar-refractivity contribution is 7.10. The Balaban J connectivity index is 1.74. The summed E-state index contributed by atoms with van der Waals surface area (Å²) in [5, 5.41) is 5.01. The highest BCUT2D eigenvalue weighted by atomic mass is 32.1. The molecule has 1 aliphatic rings. The van der Waals surface area contributed by atoms with E-state index in [1.807, 2.05) is 37.8 Å². The summed E-state index contributed by atoms with van der Waals surface area (Å²) >= 11 is 1.72. The summed E-state index contributed by atoms with van der Waals surface area (Å²) in [6.07, 6.45) is 2.46. The molecule has 2 aromatic rings. The van der Waals surface area contributed by atoms with E-state index in [-0.39, 0.29) is 24.5 Å². The second-order valence-electron chi connectivity index (χ2n) is 10.0. The molecule has 1 aliphatic heterocycles. The number of urea groups is 1. The summed E-state index contributed by atoms with van der Waals surface area (Å²) in [6, 6.07) is 9.77. The largest absolute Gasteiger partial charge is 0.491 e. The van der Waals surface area contributed by atoms with Crippen LogP contribution in [0, 0.1) is 0 Å². The number of fused-ring (bicyclic) bond motifs is 1. The lowest BCUT2D eigenvalue weighted by atomic mass is 10.00. The number of thiophene rings is 1. The van der Waals surface area contributed by atoms with E-state index in [2.05, 4.69) is 49.3 Å². The SMILES string of the molecule is C=CCN(CC(=O)N1CCc2sccc2[C@H]1COc1ccc(C(C)C)cc1)C(=O)NC(C)(C)C.